The molecule has 1 aromatic carbocycles. The van der Waals surface area contributed by atoms with Crippen LogP contribution >= 0.6 is 27.5 Å². The van der Waals surface area contributed by atoms with Gasteiger partial charge in [-0.25, -0.2) is 4.98 Å². The van der Waals surface area contributed by atoms with E-state index in [4.69, 9.17) is 16.3 Å². The van der Waals surface area contributed by atoms with E-state index in [9.17, 15) is 4.79 Å². The maximum absolute atomic E-state index is 13.7. The van der Waals surface area contributed by atoms with Crippen LogP contribution in [0.1, 0.15) is 18.4 Å². The van der Waals surface area contributed by atoms with Crippen molar-refractivity contribution in [1.29, 1.82) is 0 Å². The zero-order chi connectivity index (χ0) is 19.6. The number of ether oxygens (including phenoxy) is 1. The standard InChI is InChI=1S/C21H23BrClN3O2/c22-17-4-5-19(24-15-17)25-8-10-26(11-9-25)20(27)21(6-12-28-13-7-21)16-2-1-3-18(23)14-16/h1-5,14-15H,6-13H2. The predicted octanol–water partition coefficient (Wildman–Crippen LogP) is 3.89. The van der Waals surface area contributed by atoms with Gasteiger partial charge in [0.2, 0.25) is 5.91 Å². The van der Waals surface area contributed by atoms with Crippen LogP contribution in [0.15, 0.2) is 47.1 Å². The number of anilines is 1. The van der Waals surface area contributed by atoms with Crippen LogP contribution in [0, 0.1) is 0 Å². The second-order valence-electron chi connectivity index (χ2n) is 7.32. The van der Waals surface area contributed by atoms with Crippen molar-refractivity contribution in [3.8, 4) is 0 Å². The predicted molar refractivity (Wildman–Crippen MR) is 114 cm³/mol. The Morgan fingerprint density at radius 1 is 1.11 bits per heavy atom. The fraction of sp³-hybridized carbons (Fsp3) is 0.429. The number of halogens is 2. The molecule has 3 heterocycles. The number of aromatic nitrogens is 1. The van der Waals surface area contributed by atoms with Crippen LogP contribution in [-0.2, 0) is 14.9 Å². The van der Waals surface area contributed by atoms with Crippen molar-refractivity contribution in [2.24, 2.45) is 0 Å². The van der Waals surface area contributed by atoms with Gasteiger partial charge in [0.1, 0.15) is 5.82 Å². The van der Waals surface area contributed by atoms with E-state index < -0.39 is 5.41 Å². The van der Waals surface area contributed by atoms with E-state index >= 15 is 0 Å². The summed E-state index contributed by atoms with van der Waals surface area (Å²) in [7, 11) is 0. The average molecular weight is 465 g/mol. The molecule has 28 heavy (non-hydrogen) atoms. The lowest BCUT2D eigenvalue weighted by Crippen LogP contribution is -2.56. The molecule has 5 nitrogen and oxygen atoms in total. The number of nitrogens with zero attached hydrogens (tertiary/aromatic N) is 3. The van der Waals surface area contributed by atoms with Gasteiger partial charge in [0, 0.05) is 55.1 Å². The minimum Gasteiger partial charge on any atom is -0.381 e. The fourth-order valence-corrected chi connectivity index (χ4v) is 4.55. The summed E-state index contributed by atoms with van der Waals surface area (Å²) in [6.07, 6.45) is 3.20. The van der Waals surface area contributed by atoms with Crippen LogP contribution in [0.3, 0.4) is 0 Å². The quantitative estimate of drug-likeness (QED) is 0.691. The molecule has 0 atom stereocenters. The molecule has 7 heteroatoms. The molecule has 0 N–H and O–H groups in total. The molecule has 2 aromatic rings. The first-order valence-electron chi connectivity index (χ1n) is 9.58. The number of benzene rings is 1. The van der Waals surface area contributed by atoms with E-state index in [1.54, 1.807) is 0 Å². The Kier molecular flexibility index (Phi) is 5.90. The smallest absolute Gasteiger partial charge is 0.233 e. The molecule has 0 radical (unpaired) electrons. The Labute approximate surface area is 178 Å². The summed E-state index contributed by atoms with van der Waals surface area (Å²) in [5, 5.41) is 0.669. The van der Waals surface area contributed by atoms with Gasteiger partial charge in [-0.15, -0.1) is 0 Å². The molecule has 0 unspecified atom stereocenters. The number of hydrogen-bond acceptors (Lipinski definition) is 4. The third-order valence-corrected chi connectivity index (χ3v) is 6.44. The third kappa shape index (κ3) is 3.91. The molecule has 0 spiro atoms. The summed E-state index contributed by atoms with van der Waals surface area (Å²) >= 11 is 9.66. The number of pyridine rings is 1. The molecule has 2 aliphatic heterocycles. The van der Waals surface area contributed by atoms with Gasteiger partial charge >= 0.3 is 0 Å². The third-order valence-electron chi connectivity index (χ3n) is 5.74. The van der Waals surface area contributed by atoms with Crippen molar-refractivity contribution >= 4 is 39.3 Å². The molecule has 1 amide bonds. The first-order valence-corrected chi connectivity index (χ1v) is 10.8. The monoisotopic (exact) mass is 463 g/mol. The van der Waals surface area contributed by atoms with Gasteiger partial charge < -0.3 is 14.5 Å². The molecule has 1 aromatic heterocycles. The molecule has 4 rings (SSSR count). The van der Waals surface area contributed by atoms with E-state index in [0.717, 1.165) is 28.9 Å². The average Bonchev–Trinajstić information content (AvgIpc) is 2.74. The van der Waals surface area contributed by atoms with Crippen LogP contribution in [-0.4, -0.2) is 55.2 Å². The lowest BCUT2D eigenvalue weighted by atomic mass is 9.73. The van der Waals surface area contributed by atoms with Gasteiger partial charge in [-0.05, 0) is 58.6 Å². The van der Waals surface area contributed by atoms with E-state index in [1.807, 2.05) is 47.5 Å². The SMILES string of the molecule is O=C(N1CCN(c2ccc(Br)cn2)CC1)C1(c2cccc(Cl)c2)CCOCC1. The Hall–Kier alpha value is -1.63. The molecule has 0 saturated carbocycles. The van der Waals surface area contributed by atoms with Gasteiger partial charge in [0.25, 0.3) is 0 Å². The molecule has 0 bridgehead atoms. The van der Waals surface area contributed by atoms with Crippen molar-refractivity contribution in [2.45, 2.75) is 18.3 Å². The van der Waals surface area contributed by atoms with Crippen molar-refractivity contribution in [3.63, 3.8) is 0 Å². The number of amides is 1. The Morgan fingerprint density at radius 3 is 2.50 bits per heavy atom. The molecular weight excluding hydrogens is 442 g/mol. The summed E-state index contributed by atoms with van der Waals surface area (Å²) in [4.78, 5) is 22.4. The second-order valence-corrected chi connectivity index (χ2v) is 8.67. The van der Waals surface area contributed by atoms with Gasteiger partial charge in [-0.3, -0.25) is 4.79 Å². The first-order chi connectivity index (χ1) is 13.6. The maximum atomic E-state index is 13.7. The minimum absolute atomic E-state index is 0.196. The van der Waals surface area contributed by atoms with Crippen molar-refractivity contribution in [3.05, 3.63) is 57.7 Å². The van der Waals surface area contributed by atoms with Crippen molar-refractivity contribution in [1.82, 2.24) is 9.88 Å². The zero-order valence-electron chi connectivity index (χ0n) is 15.6. The Bertz CT molecular complexity index is 832. The Morgan fingerprint density at radius 2 is 1.86 bits per heavy atom. The van der Waals surface area contributed by atoms with Gasteiger partial charge in [0.15, 0.2) is 0 Å². The Balaban J connectivity index is 1.51. The molecule has 2 saturated heterocycles. The summed E-state index contributed by atoms with van der Waals surface area (Å²) in [5.74, 6) is 1.15. The minimum atomic E-state index is -0.540. The van der Waals surface area contributed by atoms with Gasteiger partial charge in [-0.2, -0.15) is 0 Å². The first kappa shape index (κ1) is 19.7. The van der Waals surface area contributed by atoms with E-state index in [-0.39, 0.29) is 5.91 Å². The van der Waals surface area contributed by atoms with Crippen LogP contribution in [0.2, 0.25) is 5.02 Å². The van der Waals surface area contributed by atoms with E-state index in [0.29, 0.717) is 44.2 Å². The normalized spacial score (nSPS) is 19.5. The highest BCUT2D eigenvalue weighted by atomic mass is 79.9. The molecule has 0 aliphatic carbocycles. The van der Waals surface area contributed by atoms with Crippen LogP contribution < -0.4 is 4.90 Å². The summed E-state index contributed by atoms with van der Waals surface area (Å²) in [6.45, 7) is 4.15. The molecule has 148 valence electrons. The van der Waals surface area contributed by atoms with Gasteiger partial charge in [-0.1, -0.05) is 23.7 Å². The molecule has 2 aliphatic rings. The lowest BCUT2D eigenvalue weighted by Gasteiger charge is -2.43. The number of piperazine rings is 1. The van der Waals surface area contributed by atoms with Crippen LogP contribution in [0.5, 0.6) is 0 Å². The van der Waals surface area contributed by atoms with E-state index in [1.165, 1.54) is 0 Å². The summed E-state index contributed by atoms with van der Waals surface area (Å²) in [6, 6.07) is 11.7. The highest BCUT2D eigenvalue weighted by molar-refractivity contribution is 9.10. The topological polar surface area (TPSA) is 45.7 Å². The number of carbonyl (C=O) groups is 1. The van der Waals surface area contributed by atoms with Crippen molar-refractivity contribution in [2.75, 3.05) is 44.3 Å². The van der Waals surface area contributed by atoms with Crippen molar-refractivity contribution < 1.29 is 9.53 Å². The maximum Gasteiger partial charge on any atom is 0.233 e. The number of hydrogen-bond donors (Lipinski definition) is 0. The highest BCUT2D eigenvalue weighted by Gasteiger charge is 2.44. The summed E-state index contributed by atoms with van der Waals surface area (Å²) < 4.78 is 6.54. The number of rotatable bonds is 3. The number of carbonyl (C=O) groups excluding carboxylic acids is 1. The molecular formula is C21H23BrClN3O2. The fourth-order valence-electron chi connectivity index (χ4n) is 4.13. The second kappa shape index (κ2) is 8.39. The van der Waals surface area contributed by atoms with E-state index in [2.05, 4.69) is 25.8 Å². The lowest BCUT2D eigenvalue weighted by molar-refractivity contribution is -0.141. The van der Waals surface area contributed by atoms with Crippen LogP contribution in [0.4, 0.5) is 5.82 Å². The highest BCUT2D eigenvalue weighted by Crippen LogP contribution is 2.38. The summed E-state index contributed by atoms with van der Waals surface area (Å²) in [5.41, 5.74) is 0.464. The largest absolute Gasteiger partial charge is 0.381 e. The molecule has 2 fully saturated rings. The zero-order valence-corrected chi connectivity index (χ0v) is 18.0. The van der Waals surface area contributed by atoms with Crippen LogP contribution in [0.25, 0.3) is 0 Å². The van der Waals surface area contributed by atoms with Gasteiger partial charge in [0.05, 0.1) is 5.41 Å².